The van der Waals surface area contributed by atoms with Gasteiger partial charge in [0.15, 0.2) is 0 Å². The van der Waals surface area contributed by atoms with Crippen molar-refractivity contribution in [3.05, 3.63) is 56.6 Å². The maximum atomic E-state index is 12.2. The molecule has 0 spiro atoms. The van der Waals surface area contributed by atoms with Gasteiger partial charge in [0.1, 0.15) is 11.6 Å². The van der Waals surface area contributed by atoms with Gasteiger partial charge in [0.05, 0.1) is 5.56 Å². The zero-order chi connectivity index (χ0) is 14.3. The molecule has 1 aromatic carbocycles. The zero-order valence-electron chi connectivity index (χ0n) is 10.7. The summed E-state index contributed by atoms with van der Waals surface area (Å²) >= 11 is 5.87. The van der Waals surface area contributed by atoms with Gasteiger partial charge in [-0.15, -0.1) is 0 Å². The van der Waals surface area contributed by atoms with Gasteiger partial charge in [0, 0.05) is 17.4 Å². The summed E-state index contributed by atoms with van der Waals surface area (Å²) in [5.74, 6) is 0.385. The van der Waals surface area contributed by atoms with Gasteiger partial charge in [-0.05, 0) is 24.6 Å². The molecule has 1 aromatic heterocycles. The van der Waals surface area contributed by atoms with Crippen LogP contribution in [0.2, 0.25) is 5.02 Å². The number of nitrogens with zero attached hydrogens (tertiary/aromatic N) is 1. The molecule has 0 bridgehead atoms. The third-order valence-electron chi connectivity index (χ3n) is 3.34. The summed E-state index contributed by atoms with van der Waals surface area (Å²) in [6, 6.07) is 7.15. The lowest BCUT2D eigenvalue weighted by atomic mass is 9.87. The maximum absolute atomic E-state index is 12.2. The summed E-state index contributed by atoms with van der Waals surface area (Å²) in [6.45, 7) is 1.68. The first-order chi connectivity index (χ1) is 9.54. The summed E-state index contributed by atoms with van der Waals surface area (Å²) in [5.41, 5.74) is 1.16. The highest BCUT2D eigenvalue weighted by atomic mass is 35.5. The Bertz CT molecular complexity index is 737. The minimum atomic E-state index is -0.298. The van der Waals surface area contributed by atoms with Crippen molar-refractivity contribution < 1.29 is 4.79 Å². The standard InChI is InChI=1S/C14H12ClN3O2/c1-7-16-13-12(14(20)17-7)10(6-11(19)18-13)8-2-4-9(15)5-3-8/h2-5,10H,6H2,1H3,(H2,16,17,18,19,20). The van der Waals surface area contributed by atoms with Crippen LogP contribution in [0.25, 0.3) is 0 Å². The van der Waals surface area contributed by atoms with E-state index in [9.17, 15) is 9.59 Å². The van der Waals surface area contributed by atoms with E-state index in [2.05, 4.69) is 15.3 Å². The van der Waals surface area contributed by atoms with Crippen LogP contribution < -0.4 is 10.9 Å². The topological polar surface area (TPSA) is 74.8 Å². The second-order valence-electron chi connectivity index (χ2n) is 4.77. The molecule has 1 unspecified atom stereocenters. The molecule has 1 amide bonds. The Hall–Kier alpha value is -2.14. The molecule has 2 aromatic rings. The molecule has 0 saturated carbocycles. The SMILES string of the molecule is Cc1nc2c(c(=O)[nH]1)C(c1ccc(Cl)cc1)CC(=O)N2. The van der Waals surface area contributed by atoms with Crippen molar-refractivity contribution in [2.75, 3.05) is 5.32 Å². The second-order valence-corrected chi connectivity index (χ2v) is 5.21. The quantitative estimate of drug-likeness (QED) is 0.845. The number of halogens is 1. The lowest BCUT2D eigenvalue weighted by Gasteiger charge is -2.24. The van der Waals surface area contributed by atoms with Gasteiger partial charge in [-0.25, -0.2) is 4.98 Å². The summed E-state index contributed by atoms with van der Waals surface area (Å²) in [4.78, 5) is 30.9. The van der Waals surface area contributed by atoms with E-state index in [1.165, 1.54) is 0 Å². The van der Waals surface area contributed by atoms with E-state index in [0.717, 1.165) is 5.56 Å². The van der Waals surface area contributed by atoms with E-state index >= 15 is 0 Å². The predicted molar refractivity (Wildman–Crippen MR) is 76.1 cm³/mol. The molecule has 0 aliphatic carbocycles. The van der Waals surface area contributed by atoms with Crippen molar-refractivity contribution in [3.8, 4) is 0 Å². The van der Waals surface area contributed by atoms with Crippen LogP contribution in [0.1, 0.15) is 29.3 Å². The normalized spacial score (nSPS) is 17.5. The highest BCUT2D eigenvalue weighted by molar-refractivity contribution is 6.30. The maximum Gasteiger partial charge on any atom is 0.256 e. The average Bonchev–Trinajstić information content (AvgIpc) is 2.37. The van der Waals surface area contributed by atoms with Gasteiger partial charge in [0.2, 0.25) is 5.91 Å². The van der Waals surface area contributed by atoms with Crippen molar-refractivity contribution in [2.24, 2.45) is 0 Å². The lowest BCUT2D eigenvalue weighted by Crippen LogP contribution is -2.31. The molecule has 0 radical (unpaired) electrons. The second kappa shape index (κ2) is 4.76. The van der Waals surface area contributed by atoms with Crippen LogP contribution in [0.5, 0.6) is 0 Å². The number of hydrogen-bond acceptors (Lipinski definition) is 3. The Kier molecular flexibility index (Phi) is 3.06. The zero-order valence-corrected chi connectivity index (χ0v) is 11.5. The highest BCUT2D eigenvalue weighted by Crippen LogP contribution is 2.33. The minimum Gasteiger partial charge on any atom is -0.310 e. The molecule has 20 heavy (non-hydrogen) atoms. The molecule has 0 fully saturated rings. The number of hydrogen-bond donors (Lipinski definition) is 2. The van der Waals surface area contributed by atoms with Crippen LogP contribution in [0.4, 0.5) is 5.82 Å². The third kappa shape index (κ3) is 2.20. The fraction of sp³-hybridized carbons (Fsp3) is 0.214. The van der Waals surface area contributed by atoms with Gasteiger partial charge >= 0.3 is 0 Å². The van der Waals surface area contributed by atoms with Crippen molar-refractivity contribution >= 4 is 23.3 Å². The Morgan fingerprint density at radius 1 is 1.25 bits per heavy atom. The summed E-state index contributed by atoms with van der Waals surface area (Å²) in [5, 5.41) is 3.27. The first-order valence-corrected chi connectivity index (χ1v) is 6.58. The molecule has 1 aliphatic heterocycles. The molecule has 6 heteroatoms. The first kappa shape index (κ1) is 12.9. The van der Waals surface area contributed by atoms with Crippen LogP contribution >= 0.6 is 11.6 Å². The number of H-pyrrole nitrogens is 1. The van der Waals surface area contributed by atoms with Crippen LogP contribution in [-0.4, -0.2) is 15.9 Å². The van der Waals surface area contributed by atoms with E-state index in [1.54, 1.807) is 19.1 Å². The van der Waals surface area contributed by atoms with Crippen LogP contribution in [0.3, 0.4) is 0 Å². The lowest BCUT2D eigenvalue weighted by molar-refractivity contribution is -0.116. The molecule has 0 saturated heterocycles. The number of amides is 1. The Morgan fingerprint density at radius 3 is 2.65 bits per heavy atom. The fourth-order valence-corrected chi connectivity index (χ4v) is 2.59. The molecule has 1 aliphatic rings. The van der Waals surface area contributed by atoms with E-state index in [-0.39, 0.29) is 23.8 Å². The van der Waals surface area contributed by atoms with E-state index in [1.807, 2.05) is 12.1 Å². The monoisotopic (exact) mass is 289 g/mol. The van der Waals surface area contributed by atoms with Gasteiger partial charge in [-0.2, -0.15) is 0 Å². The highest BCUT2D eigenvalue weighted by Gasteiger charge is 2.30. The van der Waals surface area contributed by atoms with E-state index in [0.29, 0.717) is 22.2 Å². The molecular weight excluding hydrogens is 278 g/mol. The van der Waals surface area contributed by atoms with Crippen LogP contribution in [0.15, 0.2) is 29.1 Å². The predicted octanol–water partition coefficient (Wildman–Crippen LogP) is 2.21. The number of fused-ring (bicyclic) bond motifs is 1. The number of carbonyl (C=O) groups is 1. The van der Waals surface area contributed by atoms with E-state index in [4.69, 9.17) is 11.6 Å². The number of aromatic nitrogens is 2. The molecule has 2 N–H and O–H groups in total. The number of nitrogens with one attached hydrogen (secondary N) is 2. The van der Waals surface area contributed by atoms with Crippen molar-refractivity contribution in [2.45, 2.75) is 19.3 Å². The summed E-state index contributed by atoms with van der Waals surface area (Å²) in [7, 11) is 0. The number of anilines is 1. The Balaban J connectivity index is 2.17. The smallest absolute Gasteiger partial charge is 0.256 e. The van der Waals surface area contributed by atoms with Crippen LogP contribution in [-0.2, 0) is 4.79 Å². The fourth-order valence-electron chi connectivity index (χ4n) is 2.46. The molecule has 1 atom stereocenters. The third-order valence-corrected chi connectivity index (χ3v) is 3.59. The number of rotatable bonds is 1. The van der Waals surface area contributed by atoms with Crippen molar-refractivity contribution in [1.82, 2.24) is 9.97 Å². The average molecular weight is 290 g/mol. The van der Waals surface area contributed by atoms with E-state index < -0.39 is 0 Å². The first-order valence-electron chi connectivity index (χ1n) is 6.20. The number of benzene rings is 1. The number of aryl methyl sites for hydroxylation is 1. The largest absolute Gasteiger partial charge is 0.310 e. The van der Waals surface area contributed by atoms with Crippen LogP contribution in [0, 0.1) is 6.92 Å². The number of carbonyl (C=O) groups excluding carboxylic acids is 1. The molecule has 3 rings (SSSR count). The van der Waals surface area contributed by atoms with Crippen molar-refractivity contribution in [1.29, 1.82) is 0 Å². The minimum absolute atomic E-state index is 0.144. The Morgan fingerprint density at radius 2 is 1.95 bits per heavy atom. The number of aromatic amines is 1. The van der Waals surface area contributed by atoms with Gasteiger partial charge in [-0.1, -0.05) is 23.7 Å². The summed E-state index contributed by atoms with van der Waals surface area (Å²) in [6.07, 6.45) is 0.225. The van der Waals surface area contributed by atoms with Crippen molar-refractivity contribution in [3.63, 3.8) is 0 Å². The Labute approximate surface area is 120 Å². The molecule has 102 valence electrons. The molecule has 5 nitrogen and oxygen atoms in total. The van der Waals surface area contributed by atoms with Gasteiger partial charge in [-0.3, -0.25) is 9.59 Å². The van der Waals surface area contributed by atoms with Gasteiger partial charge in [0.25, 0.3) is 5.56 Å². The van der Waals surface area contributed by atoms with Gasteiger partial charge < -0.3 is 10.3 Å². The molecular formula is C14H12ClN3O2. The summed E-state index contributed by atoms with van der Waals surface area (Å²) < 4.78 is 0. The molecule has 2 heterocycles.